The Labute approximate surface area is 93.5 Å². The van der Waals surface area contributed by atoms with Gasteiger partial charge in [-0.1, -0.05) is 20.8 Å². The Bertz CT molecular complexity index is 550. The van der Waals surface area contributed by atoms with Crippen LogP contribution in [0.4, 0.5) is 0 Å². The number of hydrogen-bond acceptors (Lipinski definition) is 2. The van der Waals surface area contributed by atoms with Crippen molar-refractivity contribution in [3.63, 3.8) is 0 Å². The van der Waals surface area contributed by atoms with Crippen molar-refractivity contribution < 1.29 is 9.90 Å². The summed E-state index contributed by atoms with van der Waals surface area (Å²) < 4.78 is 1.58. The lowest BCUT2D eigenvalue weighted by molar-refractivity contribution is 0.0699. The number of pyridine rings is 1. The zero-order valence-corrected chi connectivity index (χ0v) is 9.56. The Morgan fingerprint density at radius 1 is 1.44 bits per heavy atom. The summed E-state index contributed by atoms with van der Waals surface area (Å²) in [5, 5.41) is 13.0. The van der Waals surface area contributed by atoms with Crippen LogP contribution < -0.4 is 0 Å². The second-order valence-corrected chi connectivity index (χ2v) is 4.86. The fourth-order valence-corrected chi connectivity index (χ4v) is 1.61. The molecule has 0 unspecified atom stereocenters. The molecule has 16 heavy (non-hydrogen) atoms. The van der Waals surface area contributed by atoms with Gasteiger partial charge in [-0.3, -0.25) is 0 Å². The SMILES string of the molecule is CC(C)(C)c1ccn2ncc(C(=O)O)c2c1. The fraction of sp³-hybridized carbons (Fsp3) is 0.333. The molecule has 1 N–H and O–H groups in total. The van der Waals surface area contributed by atoms with Crippen LogP contribution in [0.3, 0.4) is 0 Å². The summed E-state index contributed by atoms with van der Waals surface area (Å²) in [5.74, 6) is -0.943. The largest absolute Gasteiger partial charge is 0.478 e. The quantitative estimate of drug-likeness (QED) is 0.799. The topological polar surface area (TPSA) is 54.6 Å². The van der Waals surface area contributed by atoms with Gasteiger partial charge in [0, 0.05) is 6.20 Å². The highest BCUT2D eigenvalue weighted by atomic mass is 16.4. The molecule has 2 heterocycles. The van der Waals surface area contributed by atoms with E-state index < -0.39 is 5.97 Å². The summed E-state index contributed by atoms with van der Waals surface area (Å²) in [4.78, 5) is 11.0. The maximum absolute atomic E-state index is 11.0. The molecule has 0 aromatic carbocycles. The highest BCUT2D eigenvalue weighted by Crippen LogP contribution is 2.24. The normalized spacial score (nSPS) is 11.9. The number of carboxylic acids is 1. The van der Waals surface area contributed by atoms with Gasteiger partial charge in [-0.25, -0.2) is 9.31 Å². The number of aromatic nitrogens is 2. The fourth-order valence-electron chi connectivity index (χ4n) is 1.61. The summed E-state index contributed by atoms with van der Waals surface area (Å²) in [5.41, 5.74) is 1.98. The van der Waals surface area contributed by atoms with E-state index in [4.69, 9.17) is 5.11 Å². The molecule has 0 radical (unpaired) electrons. The number of carboxylic acid groups (broad SMARTS) is 1. The summed E-state index contributed by atoms with van der Waals surface area (Å²) in [6.45, 7) is 6.28. The van der Waals surface area contributed by atoms with E-state index in [1.807, 2.05) is 12.1 Å². The molecule has 0 aliphatic carbocycles. The van der Waals surface area contributed by atoms with Crippen LogP contribution in [0.5, 0.6) is 0 Å². The van der Waals surface area contributed by atoms with Crippen molar-refractivity contribution in [1.82, 2.24) is 9.61 Å². The molecular weight excluding hydrogens is 204 g/mol. The van der Waals surface area contributed by atoms with Gasteiger partial charge in [-0.15, -0.1) is 0 Å². The second-order valence-electron chi connectivity index (χ2n) is 4.86. The molecule has 0 spiro atoms. The lowest BCUT2D eigenvalue weighted by Crippen LogP contribution is -2.11. The maximum Gasteiger partial charge on any atom is 0.339 e. The van der Waals surface area contributed by atoms with Gasteiger partial charge in [0.25, 0.3) is 0 Å². The van der Waals surface area contributed by atoms with E-state index in [-0.39, 0.29) is 11.0 Å². The van der Waals surface area contributed by atoms with Crippen molar-refractivity contribution >= 4 is 11.5 Å². The Hall–Kier alpha value is -1.84. The summed E-state index contributed by atoms with van der Waals surface area (Å²) in [7, 11) is 0. The van der Waals surface area contributed by atoms with Gasteiger partial charge in [0.05, 0.1) is 11.7 Å². The predicted molar refractivity (Wildman–Crippen MR) is 60.9 cm³/mol. The number of nitrogens with zero attached hydrogens (tertiary/aromatic N) is 2. The van der Waals surface area contributed by atoms with Gasteiger partial charge < -0.3 is 5.11 Å². The predicted octanol–water partition coefficient (Wildman–Crippen LogP) is 2.33. The number of hydrogen-bond donors (Lipinski definition) is 1. The van der Waals surface area contributed by atoms with Crippen molar-refractivity contribution in [3.05, 3.63) is 35.7 Å². The van der Waals surface area contributed by atoms with E-state index in [1.54, 1.807) is 10.7 Å². The summed E-state index contributed by atoms with van der Waals surface area (Å²) >= 11 is 0. The van der Waals surface area contributed by atoms with E-state index >= 15 is 0 Å². The lowest BCUT2D eigenvalue weighted by Gasteiger charge is -2.18. The average molecular weight is 218 g/mol. The highest BCUT2D eigenvalue weighted by molar-refractivity contribution is 5.95. The van der Waals surface area contributed by atoms with Crippen molar-refractivity contribution in [2.75, 3.05) is 0 Å². The Balaban J connectivity index is 2.68. The minimum absolute atomic E-state index is 0.00178. The van der Waals surface area contributed by atoms with Gasteiger partial charge in [0.2, 0.25) is 0 Å². The van der Waals surface area contributed by atoms with E-state index in [9.17, 15) is 4.79 Å². The van der Waals surface area contributed by atoms with Crippen molar-refractivity contribution in [2.45, 2.75) is 26.2 Å². The van der Waals surface area contributed by atoms with Gasteiger partial charge in [-0.05, 0) is 23.1 Å². The van der Waals surface area contributed by atoms with Crippen LogP contribution >= 0.6 is 0 Å². The van der Waals surface area contributed by atoms with Crippen LogP contribution in [0.2, 0.25) is 0 Å². The zero-order chi connectivity index (χ0) is 11.9. The Morgan fingerprint density at radius 3 is 2.69 bits per heavy atom. The Kier molecular flexibility index (Phi) is 2.22. The summed E-state index contributed by atoms with van der Waals surface area (Å²) in [6, 6.07) is 3.85. The van der Waals surface area contributed by atoms with E-state index in [1.165, 1.54) is 6.20 Å². The third-order valence-corrected chi connectivity index (χ3v) is 2.62. The first-order valence-corrected chi connectivity index (χ1v) is 5.11. The monoisotopic (exact) mass is 218 g/mol. The summed E-state index contributed by atoms with van der Waals surface area (Å²) in [6.07, 6.45) is 3.17. The third-order valence-electron chi connectivity index (χ3n) is 2.62. The smallest absolute Gasteiger partial charge is 0.339 e. The number of fused-ring (bicyclic) bond motifs is 1. The molecule has 0 atom stereocenters. The van der Waals surface area contributed by atoms with E-state index in [0.717, 1.165) is 5.56 Å². The minimum atomic E-state index is -0.943. The molecular formula is C12H14N2O2. The molecule has 0 amide bonds. The standard InChI is InChI=1S/C12H14N2O2/c1-12(2,3)8-4-5-14-10(6-8)9(7-13-14)11(15)16/h4-7H,1-3H3,(H,15,16). The number of aromatic carboxylic acids is 1. The van der Waals surface area contributed by atoms with Crippen LogP contribution in [0.1, 0.15) is 36.7 Å². The molecule has 84 valence electrons. The molecule has 4 heteroatoms. The maximum atomic E-state index is 11.0. The molecule has 4 nitrogen and oxygen atoms in total. The average Bonchev–Trinajstić information content (AvgIpc) is 2.58. The first kappa shape index (κ1) is 10.7. The molecule has 0 saturated heterocycles. The van der Waals surface area contributed by atoms with Gasteiger partial charge in [0.15, 0.2) is 0 Å². The zero-order valence-electron chi connectivity index (χ0n) is 9.56. The van der Waals surface area contributed by atoms with Crippen molar-refractivity contribution in [1.29, 1.82) is 0 Å². The van der Waals surface area contributed by atoms with Crippen LogP contribution in [0, 0.1) is 0 Å². The molecule has 0 saturated carbocycles. The van der Waals surface area contributed by atoms with Gasteiger partial charge >= 0.3 is 5.97 Å². The molecule has 0 fully saturated rings. The third kappa shape index (κ3) is 1.66. The van der Waals surface area contributed by atoms with Gasteiger partial charge in [-0.2, -0.15) is 5.10 Å². The molecule has 0 bridgehead atoms. The van der Waals surface area contributed by atoms with Crippen LogP contribution in [0.25, 0.3) is 5.52 Å². The minimum Gasteiger partial charge on any atom is -0.478 e. The molecule has 0 aliphatic rings. The van der Waals surface area contributed by atoms with Crippen molar-refractivity contribution in [2.24, 2.45) is 0 Å². The number of rotatable bonds is 1. The molecule has 0 aliphatic heterocycles. The van der Waals surface area contributed by atoms with E-state index in [0.29, 0.717) is 5.52 Å². The highest BCUT2D eigenvalue weighted by Gasteiger charge is 2.17. The lowest BCUT2D eigenvalue weighted by atomic mass is 9.87. The van der Waals surface area contributed by atoms with Gasteiger partial charge in [0.1, 0.15) is 5.56 Å². The molecule has 2 aromatic heterocycles. The van der Waals surface area contributed by atoms with Crippen LogP contribution in [0.15, 0.2) is 24.5 Å². The molecule has 2 aromatic rings. The first-order chi connectivity index (χ1) is 7.39. The molecule has 2 rings (SSSR count). The van der Waals surface area contributed by atoms with Crippen molar-refractivity contribution in [3.8, 4) is 0 Å². The second kappa shape index (κ2) is 3.33. The first-order valence-electron chi connectivity index (χ1n) is 5.11. The van der Waals surface area contributed by atoms with Crippen LogP contribution in [-0.4, -0.2) is 20.7 Å². The number of carbonyl (C=O) groups is 1. The van der Waals surface area contributed by atoms with Crippen LogP contribution in [-0.2, 0) is 5.41 Å². The van der Waals surface area contributed by atoms with E-state index in [2.05, 4.69) is 25.9 Å². The Morgan fingerprint density at radius 2 is 2.12 bits per heavy atom.